The van der Waals surface area contributed by atoms with Crippen LogP contribution in [0.2, 0.25) is 0 Å². The van der Waals surface area contributed by atoms with E-state index in [0.29, 0.717) is 5.71 Å². The van der Waals surface area contributed by atoms with E-state index in [2.05, 4.69) is 24.3 Å². The molecule has 0 unspecified atom stereocenters. The van der Waals surface area contributed by atoms with Crippen molar-refractivity contribution in [2.75, 3.05) is 0 Å². The minimum atomic E-state index is 0.505. The average Bonchev–Trinajstić information content (AvgIpc) is 2.55. The van der Waals surface area contributed by atoms with Gasteiger partial charge in [-0.3, -0.25) is 0 Å². The van der Waals surface area contributed by atoms with Crippen LogP contribution in [0.25, 0.3) is 16.8 Å². The lowest BCUT2D eigenvalue weighted by Gasteiger charge is -2.18. The highest BCUT2D eigenvalue weighted by Gasteiger charge is 2.14. The molecule has 0 spiro atoms. The van der Waals surface area contributed by atoms with Gasteiger partial charge in [0.2, 0.25) is 0 Å². The third-order valence-electron chi connectivity index (χ3n) is 3.72. The van der Waals surface area contributed by atoms with Crippen LogP contribution >= 0.6 is 0 Å². The van der Waals surface area contributed by atoms with Crippen LogP contribution in [0.15, 0.2) is 78.1 Å². The summed E-state index contributed by atoms with van der Waals surface area (Å²) in [7, 11) is 0. The van der Waals surface area contributed by atoms with Crippen LogP contribution < -0.4 is 4.74 Å². The zero-order valence-corrected chi connectivity index (χ0v) is 11.3. The van der Waals surface area contributed by atoms with E-state index in [1.54, 1.807) is 12.2 Å². The maximum Gasteiger partial charge on any atom is 0.135 e. The summed E-state index contributed by atoms with van der Waals surface area (Å²) in [5.74, 6) is 1.69. The summed E-state index contributed by atoms with van der Waals surface area (Å²) < 4.78 is 6.03. The first kappa shape index (κ1) is 11.9. The van der Waals surface area contributed by atoms with Gasteiger partial charge in [-0.1, -0.05) is 30.3 Å². The molecule has 2 heteroatoms. The molecule has 0 bridgehead atoms. The second-order valence-electron chi connectivity index (χ2n) is 5.08. The Kier molecular flexibility index (Phi) is 2.61. The van der Waals surface area contributed by atoms with Crippen LogP contribution in [-0.2, 0) is 0 Å². The number of allylic oxidation sites excluding steroid dienone is 6. The van der Waals surface area contributed by atoms with Gasteiger partial charge in [0.15, 0.2) is 0 Å². The molecule has 0 saturated heterocycles. The summed E-state index contributed by atoms with van der Waals surface area (Å²) >= 11 is 0. The standard InChI is InChI=1S/C19H13NO/c20-15-8-5-14(6-9-15)18-12-10-17-16-4-2-1-3-13(16)7-11-19(17)21-18/h1-12,20H. The van der Waals surface area contributed by atoms with Gasteiger partial charge in [-0.05, 0) is 53.3 Å². The first-order valence-corrected chi connectivity index (χ1v) is 6.88. The second-order valence-corrected chi connectivity index (χ2v) is 5.08. The lowest BCUT2D eigenvalue weighted by Crippen LogP contribution is -2.03. The van der Waals surface area contributed by atoms with Gasteiger partial charge in [0.1, 0.15) is 11.5 Å². The summed E-state index contributed by atoms with van der Waals surface area (Å²) in [5, 5.41) is 9.96. The fraction of sp³-hybridized carbons (Fsp3) is 0. The van der Waals surface area contributed by atoms with Crippen molar-refractivity contribution in [1.82, 2.24) is 0 Å². The summed E-state index contributed by atoms with van der Waals surface area (Å²) in [5.41, 5.74) is 2.61. The van der Waals surface area contributed by atoms with Gasteiger partial charge >= 0.3 is 0 Å². The van der Waals surface area contributed by atoms with Gasteiger partial charge in [-0.15, -0.1) is 0 Å². The molecule has 0 saturated carbocycles. The average molecular weight is 271 g/mol. The molecule has 1 N–H and O–H groups in total. The molecule has 4 rings (SSSR count). The van der Waals surface area contributed by atoms with Crippen molar-refractivity contribution in [3.05, 3.63) is 83.7 Å². The Morgan fingerprint density at radius 2 is 1.57 bits per heavy atom. The first-order chi connectivity index (χ1) is 10.3. The normalized spacial score (nSPS) is 16.3. The van der Waals surface area contributed by atoms with Gasteiger partial charge < -0.3 is 10.1 Å². The molecule has 2 aliphatic rings. The zero-order valence-electron chi connectivity index (χ0n) is 11.3. The molecule has 2 nitrogen and oxygen atoms in total. The summed E-state index contributed by atoms with van der Waals surface area (Å²) in [6, 6.07) is 12.4. The van der Waals surface area contributed by atoms with E-state index in [9.17, 15) is 0 Å². The van der Waals surface area contributed by atoms with E-state index in [0.717, 1.165) is 22.6 Å². The van der Waals surface area contributed by atoms with Crippen molar-refractivity contribution in [3.8, 4) is 5.75 Å². The van der Waals surface area contributed by atoms with Crippen molar-refractivity contribution in [2.24, 2.45) is 0 Å². The molecule has 100 valence electrons. The predicted molar refractivity (Wildman–Crippen MR) is 86.6 cm³/mol. The molecule has 0 radical (unpaired) electrons. The number of hydrogen-bond acceptors (Lipinski definition) is 2. The van der Waals surface area contributed by atoms with E-state index in [-0.39, 0.29) is 0 Å². The number of hydrogen-bond donors (Lipinski definition) is 1. The van der Waals surface area contributed by atoms with E-state index < -0.39 is 0 Å². The molecule has 0 amide bonds. The van der Waals surface area contributed by atoms with E-state index in [1.165, 1.54) is 10.8 Å². The Balaban J connectivity index is 1.83. The Labute approximate surface area is 122 Å². The predicted octanol–water partition coefficient (Wildman–Crippen LogP) is 4.65. The zero-order chi connectivity index (χ0) is 14.2. The van der Waals surface area contributed by atoms with Crippen LogP contribution in [0.4, 0.5) is 0 Å². The first-order valence-electron chi connectivity index (χ1n) is 6.88. The summed E-state index contributed by atoms with van der Waals surface area (Å²) in [4.78, 5) is 0. The fourth-order valence-electron chi connectivity index (χ4n) is 2.64. The van der Waals surface area contributed by atoms with E-state index in [1.807, 2.05) is 36.4 Å². The lowest BCUT2D eigenvalue weighted by atomic mass is 10.00. The highest BCUT2D eigenvalue weighted by Crippen LogP contribution is 2.35. The monoisotopic (exact) mass is 271 g/mol. The maximum absolute atomic E-state index is 7.55. The molecule has 1 aliphatic carbocycles. The molecule has 0 fully saturated rings. The van der Waals surface area contributed by atoms with Crippen molar-refractivity contribution >= 4 is 22.6 Å². The van der Waals surface area contributed by atoms with Gasteiger partial charge in [-0.2, -0.15) is 0 Å². The highest BCUT2D eigenvalue weighted by molar-refractivity contribution is 6.03. The van der Waals surface area contributed by atoms with Crippen molar-refractivity contribution < 1.29 is 4.74 Å². The maximum atomic E-state index is 7.55. The second kappa shape index (κ2) is 4.60. The van der Waals surface area contributed by atoms with Crippen molar-refractivity contribution in [3.63, 3.8) is 0 Å². The molecule has 2 aromatic rings. The Bertz CT molecular complexity index is 864. The molecular weight excluding hydrogens is 258 g/mol. The van der Waals surface area contributed by atoms with Crippen LogP contribution in [0.3, 0.4) is 0 Å². The number of nitrogens with one attached hydrogen (secondary N) is 1. The van der Waals surface area contributed by atoms with Gasteiger partial charge in [-0.25, -0.2) is 0 Å². The number of rotatable bonds is 0. The summed E-state index contributed by atoms with van der Waals surface area (Å²) in [6.07, 6.45) is 11.5. The van der Waals surface area contributed by atoms with Crippen molar-refractivity contribution in [2.45, 2.75) is 0 Å². The lowest BCUT2D eigenvalue weighted by molar-refractivity contribution is 0.438. The smallest absolute Gasteiger partial charge is 0.135 e. The number of benzene rings is 2. The van der Waals surface area contributed by atoms with Gasteiger partial charge in [0.25, 0.3) is 0 Å². The Morgan fingerprint density at radius 1 is 0.762 bits per heavy atom. The molecule has 0 atom stereocenters. The van der Waals surface area contributed by atoms with Crippen LogP contribution in [0.5, 0.6) is 5.75 Å². The van der Waals surface area contributed by atoms with Crippen LogP contribution in [0.1, 0.15) is 5.56 Å². The van der Waals surface area contributed by atoms with E-state index in [4.69, 9.17) is 10.1 Å². The van der Waals surface area contributed by atoms with Gasteiger partial charge in [0.05, 0.1) is 5.71 Å². The minimum Gasteiger partial charge on any atom is -0.456 e. The molecule has 1 heterocycles. The quantitative estimate of drug-likeness (QED) is 0.743. The minimum absolute atomic E-state index is 0.505. The third kappa shape index (κ3) is 2.01. The molecular formula is C19H13NO. The fourth-order valence-corrected chi connectivity index (χ4v) is 2.64. The number of ether oxygens (including phenoxy) is 1. The molecule has 0 aromatic heterocycles. The van der Waals surface area contributed by atoms with E-state index >= 15 is 0 Å². The topological polar surface area (TPSA) is 33.1 Å². The van der Waals surface area contributed by atoms with Crippen LogP contribution in [0, 0.1) is 5.41 Å². The SMILES string of the molecule is N=C1C=CC(=C2C=Cc3c(ccc4ccccc34)O2)C=C1. The van der Waals surface area contributed by atoms with Crippen LogP contribution in [-0.4, -0.2) is 5.71 Å². The Hall–Kier alpha value is -2.87. The Morgan fingerprint density at radius 3 is 2.43 bits per heavy atom. The van der Waals surface area contributed by atoms with Crippen molar-refractivity contribution in [1.29, 1.82) is 5.41 Å². The third-order valence-corrected chi connectivity index (χ3v) is 3.72. The van der Waals surface area contributed by atoms with Gasteiger partial charge in [0, 0.05) is 11.1 Å². The largest absolute Gasteiger partial charge is 0.456 e. The molecule has 1 aliphatic heterocycles. The molecule has 2 aromatic carbocycles. The summed E-state index contributed by atoms with van der Waals surface area (Å²) in [6.45, 7) is 0. The highest BCUT2D eigenvalue weighted by atomic mass is 16.5. The number of fused-ring (bicyclic) bond motifs is 3. The molecule has 21 heavy (non-hydrogen) atoms.